The number of carbonyl (C=O) groups is 2. The third-order valence-corrected chi connectivity index (χ3v) is 8.00. The van der Waals surface area contributed by atoms with Crippen LogP contribution in [0.4, 0.5) is 5.69 Å². The molecule has 3 aliphatic rings. The average molecular weight is 502 g/mol. The molecule has 0 bridgehead atoms. The Bertz CT molecular complexity index is 1230. The molecule has 0 radical (unpaired) electrons. The van der Waals surface area contributed by atoms with Gasteiger partial charge in [-0.05, 0) is 57.0 Å². The minimum absolute atomic E-state index is 0.0127. The number of anilines is 1. The lowest BCUT2D eigenvalue weighted by Crippen LogP contribution is -2.57. The van der Waals surface area contributed by atoms with Crippen LogP contribution in [0, 0.1) is 18.8 Å². The monoisotopic (exact) mass is 501 g/mol. The molecule has 1 fully saturated rings. The fourth-order valence-electron chi connectivity index (χ4n) is 6.30. The van der Waals surface area contributed by atoms with Crippen molar-refractivity contribution in [2.24, 2.45) is 17.6 Å². The van der Waals surface area contributed by atoms with E-state index in [-0.39, 0.29) is 23.3 Å². The van der Waals surface area contributed by atoms with Gasteiger partial charge in [0.25, 0.3) is 5.91 Å². The van der Waals surface area contributed by atoms with Crippen molar-refractivity contribution in [2.75, 3.05) is 33.1 Å². The molecular formula is C26H35N3O7. The van der Waals surface area contributed by atoms with Crippen molar-refractivity contribution in [1.82, 2.24) is 4.90 Å². The number of epoxide rings is 1. The van der Waals surface area contributed by atoms with E-state index in [9.17, 15) is 30.0 Å². The van der Waals surface area contributed by atoms with Gasteiger partial charge in [0.05, 0.1) is 11.6 Å². The van der Waals surface area contributed by atoms with Gasteiger partial charge in [0.15, 0.2) is 11.4 Å². The van der Waals surface area contributed by atoms with Crippen molar-refractivity contribution in [2.45, 2.75) is 51.0 Å². The Hall–Kier alpha value is -3.08. The fourth-order valence-corrected chi connectivity index (χ4v) is 6.30. The van der Waals surface area contributed by atoms with E-state index < -0.39 is 58.0 Å². The Labute approximate surface area is 210 Å². The molecule has 10 nitrogen and oxygen atoms in total. The molecule has 10 heteroatoms. The van der Waals surface area contributed by atoms with Crippen LogP contribution < -0.4 is 10.6 Å². The van der Waals surface area contributed by atoms with Gasteiger partial charge < -0.3 is 35.8 Å². The number of phenols is 1. The molecule has 0 saturated carbocycles. The van der Waals surface area contributed by atoms with Crippen molar-refractivity contribution in [3.8, 4) is 5.75 Å². The van der Waals surface area contributed by atoms with Gasteiger partial charge >= 0.3 is 0 Å². The zero-order valence-electron chi connectivity index (χ0n) is 21.7. The van der Waals surface area contributed by atoms with Crippen LogP contribution in [0.2, 0.25) is 0 Å². The lowest BCUT2D eigenvalue weighted by Gasteiger charge is -2.44. The van der Waals surface area contributed by atoms with Crippen molar-refractivity contribution in [1.29, 1.82) is 0 Å². The molecule has 1 aromatic carbocycles. The topological polar surface area (TPSA) is 160 Å². The number of nitrogens with two attached hydrogens (primary N) is 1. The number of likely N-dealkylation sites (N-methyl/N-ethyl adjacent to an activating group) is 1. The molecule has 0 aromatic heterocycles. The second kappa shape index (κ2) is 8.22. The first-order valence-electron chi connectivity index (χ1n) is 12.0. The van der Waals surface area contributed by atoms with Gasteiger partial charge in [-0.3, -0.25) is 14.5 Å². The number of aliphatic hydroxyl groups is 3. The number of rotatable bonds is 6. The molecule has 36 heavy (non-hydrogen) atoms. The highest BCUT2D eigenvalue weighted by atomic mass is 16.8. The number of ketones is 1. The summed E-state index contributed by atoms with van der Waals surface area (Å²) < 4.78 is 5.71. The summed E-state index contributed by atoms with van der Waals surface area (Å²) in [5, 5.41) is 44.9. The molecule has 5 atom stereocenters. The molecule has 1 amide bonds. The van der Waals surface area contributed by atoms with Gasteiger partial charge in [-0.1, -0.05) is 13.8 Å². The maximum Gasteiger partial charge on any atom is 0.253 e. The van der Waals surface area contributed by atoms with Gasteiger partial charge in [-0.2, -0.15) is 0 Å². The first kappa shape index (κ1) is 26.0. The van der Waals surface area contributed by atoms with Gasteiger partial charge in [0.1, 0.15) is 22.8 Å². The van der Waals surface area contributed by atoms with Crippen molar-refractivity contribution in [3.05, 3.63) is 45.4 Å². The standard InChI is InChI=1S/C26H35N3O7/c1-8-13-10-15(28(4)5)12(3)17(20(13)30)21(31)16-11(2)9-14-19(29(6)7)22(32)18(24(27)34)26(35)25(14,36-26)23(16)33/h10-11,14,19,30,32-33,35H,8-9H2,1-7H3,(H2,27,34)/t11-,14-,19-,25-,26?/m0/s1. The smallest absolute Gasteiger partial charge is 0.253 e. The molecule has 1 saturated heterocycles. The number of phenolic OH excluding ortho intramolecular Hbond substituents is 1. The Morgan fingerprint density at radius 1 is 1.19 bits per heavy atom. The van der Waals surface area contributed by atoms with E-state index in [2.05, 4.69) is 0 Å². The van der Waals surface area contributed by atoms with E-state index in [1.54, 1.807) is 32.8 Å². The number of nitrogens with zero attached hydrogens (tertiary/aromatic N) is 2. The largest absolute Gasteiger partial charge is 0.510 e. The third kappa shape index (κ3) is 3.14. The van der Waals surface area contributed by atoms with Crippen LogP contribution in [0.25, 0.3) is 0 Å². The molecule has 196 valence electrons. The van der Waals surface area contributed by atoms with E-state index in [0.717, 1.165) is 5.69 Å². The zero-order chi connectivity index (χ0) is 27.1. The summed E-state index contributed by atoms with van der Waals surface area (Å²) in [6.45, 7) is 5.36. The maximum absolute atomic E-state index is 14.0. The van der Waals surface area contributed by atoms with Crippen LogP contribution in [0.1, 0.15) is 41.8 Å². The second-order valence-corrected chi connectivity index (χ2v) is 10.5. The van der Waals surface area contributed by atoms with Crippen molar-refractivity contribution in [3.63, 3.8) is 0 Å². The number of carbonyl (C=O) groups excluding carboxylic acids is 2. The number of benzene rings is 1. The minimum atomic E-state index is -2.37. The highest BCUT2D eigenvalue weighted by molar-refractivity contribution is 6.13. The number of Topliss-reactive ketones (excluding diaryl/α,β-unsaturated/α-hetero) is 1. The summed E-state index contributed by atoms with van der Waals surface area (Å²) in [5.74, 6) is -6.31. The molecule has 1 aromatic rings. The Kier molecular flexibility index (Phi) is 5.94. The van der Waals surface area contributed by atoms with Gasteiger partial charge in [-0.15, -0.1) is 0 Å². The molecule has 1 heterocycles. The average Bonchev–Trinajstić information content (AvgIpc) is 3.39. The molecule has 6 N–H and O–H groups in total. The molecule has 1 aliphatic heterocycles. The van der Waals surface area contributed by atoms with E-state index >= 15 is 0 Å². The molecule has 4 rings (SSSR count). The number of hydrogen-bond acceptors (Lipinski definition) is 9. The van der Waals surface area contributed by atoms with Crippen LogP contribution in [0.5, 0.6) is 5.75 Å². The first-order chi connectivity index (χ1) is 16.7. The lowest BCUT2D eigenvalue weighted by atomic mass is 9.63. The normalized spacial score (nSPS) is 31.3. The van der Waals surface area contributed by atoms with Gasteiger partial charge in [0.2, 0.25) is 5.79 Å². The number of ether oxygens (including phenoxy) is 1. The summed E-state index contributed by atoms with van der Waals surface area (Å²) in [6.07, 6.45) is 0.736. The summed E-state index contributed by atoms with van der Waals surface area (Å²) in [7, 11) is 7.05. The molecule has 2 aliphatic carbocycles. The zero-order valence-corrected chi connectivity index (χ0v) is 21.7. The second-order valence-electron chi connectivity index (χ2n) is 10.5. The molecular weight excluding hydrogens is 466 g/mol. The van der Waals surface area contributed by atoms with Crippen LogP contribution in [0.3, 0.4) is 0 Å². The van der Waals surface area contributed by atoms with Crippen LogP contribution in [0.15, 0.2) is 28.7 Å². The number of hydrogen-bond donors (Lipinski definition) is 5. The molecule has 1 unspecified atom stereocenters. The van der Waals surface area contributed by atoms with Crippen LogP contribution in [-0.2, 0) is 16.0 Å². The van der Waals surface area contributed by atoms with E-state index in [1.165, 1.54) is 0 Å². The Morgan fingerprint density at radius 3 is 2.31 bits per heavy atom. The van der Waals surface area contributed by atoms with Crippen LogP contribution >= 0.6 is 0 Å². The summed E-state index contributed by atoms with van der Waals surface area (Å²) in [5.41, 5.74) is 5.07. The van der Waals surface area contributed by atoms with E-state index in [1.807, 2.05) is 32.0 Å². The number of amides is 1. The lowest BCUT2D eigenvalue weighted by molar-refractivity contribution is -0.117. The van der Waals surface area contributed by atoms with E-state index in [0.29, 0.717) is 17.5 Å². The number of allylic oxidation sites excluding steroid dienone is 1. The van der Waals surface area contributed by atoms with Crippen LogP contribution in [-0.4, -0.2) is 82.6 Å². The number of primary amides is 1. The molecule has 1 spiro atoms. The Balaban J connectivity index is 1.96. The predicted molar refractivity (Wildman–Crippen MR) is 133 cm³/mol. The summed E-state index contributed by atoms with van der Waals surface area (Å²) in [6, 6.07) is 1.03. The quantitative estimate of drug-likeness (QED) is 0.289. The Morgan fingerprint density at radius 2 is 1.81 bits per heavy atom. The van der Waals surface area contributed by atoms with Gasteiger partial charge in [-0.25, -0.2) is 0 Å². The van der Waals surface area contributed by atoms with Crippen molar-refractivity contribution >= 4 is 17.4 Å². The summed E-state index contributed by atoms with van der Waals surface area (Å²) >= 11 is 0. The first-order valence-corrected chi connectivity index (χ1v) is 12.0. The third-order valence-electron chi connectivity index (χ3n) is 8.00. The number of aliphatic hydroxyl groups excluding tert-OH is 2. The SMILES string of the molecule is CCc1cc(N(C)C)c(C)c(C(=O)C2=C(O)[C@]34OC3(O)C(C(N)=O)=C(O)[C@@H](N(C)C)[C@@H]4C[C@@H]2C)c1O. The fraction of sp³-hybridized carbons (Fsp3) is 0.538. The highest BCUT2D eigenvalue weighted by Gasteiger charge is 2.84. The van der Waals surface area contributed by atoms with Crippen molar-refractivity contribution < 1.29 is 34.8 Å². The maximum atomic E-state index is 14.0. The number of aryl methyl sites for hydroxylation is 1. The highest BCUT2D eigenvalue weighted by Crippen LogP contribution is 2.67. The predicted octanol–water partition coefficient (Wildman–Crippen LogP) is 1.68. The van der Waals surface area contributed by atoms with Gasteiger partial charge in [0, 0.05) is 31.3 Å². The summed E-state index contributed by atoms with van der Waals surface area (Å²) in [4.78, 5) is 29.8. The number of aromatic hydroxyl groups is 1. The van der Waals surface area contributed by atoms with E-state index in [4.69, 9.17) is 10.5 Å². The minimum Gasteiger partial charge on any atom is -0.510 e.